The normalized spacial score (nSPS) is 17.4. The lowest BCUT2D eigenvalue weighted by molar-refractivity contribution is 0.123. The van der Waals surface area contributed by atoms with Crippen molar-refractivity contribution in [1.82, 2.24) is 10.2 Å². The summed E-state index contributed by atoms with van der Waals surface area (Å²) in [6.07, 6.45) is 2.21. The first-order chi connectivity index (χ1) is 9.69. The van der Waals surface area contributed by atoms with Crippen molar-refractivity contribution in [2.75, 3.05) is 33.3 Å². The Bertz CT molecular complexity index is 422. The van der Waals surface area contributed by atoms with Gasteiger partial charge >= 0.3 is 0 Å². The molecule has 1 fully saturated rings. The van der Waals surface area contributed by atoms with E-state index in [1.807, 2.05) is 18.2 Å². The Hall–Kier alpha value is -0.620. The lowest BCUT2D eigenvalue weighted by Crippen LogP contribution is -2.36. The molecule has 0 bridgehead atoms. The van der Waals surface area contributed by atoms with Gasteiger partial charge in [0.15, 0.2) is 0 Å². The van der Waals surface area contributed by atoms with Gasteiger partial charge in [-0.1, -0.05) is 15.9 Å². The Labute approximate surface area is 129 Å². The molecule has 4 nitrogen and oxygen atoms in total. The Morgan fingerprint density at radius 3 is 2.85 bits per heavy atom. The molecule has 0 spiro atoms. The maximum absolute atomic E-state index is 10.0. The highest BCUT2D eigenvalue weighted by atomic mass is 79.9. The van der Waals surface area contributed by atoms with E-state index in [9.17, 15) is 5.11 Å². The summed E-state index contributed by atoms with van der Waals surface area (Å²) in [6, 6.07) is 5.91. The van der Waals surface area contributed by atoms with E-state index in [4.69, 9.17) is 4.74 Å². The van der Waals surface area contributed by atoms with Crippen LogP contribution >= 0.6 is 15.9 Å². The van der Waals surface area contributed by atoms with Gasteiger partial charge in [0.2, 0.25) is 0 Å². The van der Waals surface area contributed by atoms with Crippen molar-refractivity contribution in [2.45, 2.75) is 25.5 Å². The molecule has 1 aromatic rings. The highest BCUT2D eigenvalue weighted by molar-refractivity contribution is 9.10. The second kappa shape index (κ2) is 7.98. The van der Waals surface area contributed by atoms with Crippen LogP contribution in [0.2, 0.25) is 0 Å². The van der Waals surface area contributed by atoms with Crippen molar-refractivity contribution in [2.24, 2.45) is 0 Å². The van der Waals surface area contributed by atoms with Crippen LogP contribution in [0.3, 0.4) is 0 Å². The van der Waals surface area contributed by atoms with Gasteiger partial charge in [-0.2, -0.15) is 0 Å². The first kappa shape index (κ1) is 15.8. The average molecular weight is 343 g/mol. The number of benzene rings is 1. The SMILES string of the molecule is COc1ccc(Br)c(CNCC(O)CN2CCCC2)c1. The molecular formula is C15H23BrN2O2. The molecule has 0 amide bonds. The molecule has 1 unspecified atom stereocenters. The van der Waals surface area contributed by atoms with Crippen molar-refractivity contribution in [1.29, 1.82) is 0 Å². The molecule has 0 saturated carbocycles. The fourth-order valence-corrected chi connectivity index (χ4v) is 2.90. The molecule has 1 aromatic carbocycles. The van der Waals surface area contributed by atoms with Crippen LogP contribution < -0.4 is 10.1 Å². The van der Waals surface area contributed by atoms with E-state index in [-0.39, 0.29) is 6.10 Å². The number of aliphatic hydroxyl groups excluding tert-OH is 1. The third kappa shape index (κ3) is 4.74. The van der Waals surface area contributed by atoms with Crippen LogP contribution in [-0.2, 0) is 6.54 Å². The first-order valence-electron chi connectivity index (χ1n) is 7.12. The molecule has 0 aliphatic carbocycles. The third-order valence-electron chi connectivity index (χ3n) is 3.62. The summed E-state index contributed by atoms with van der Waals surface area (Å²) in [5, 5.41) is 13.3. The van der Waals surface area contributed by atoms with Crippen molar-refractivity contribution < 1.29 is 9.84 Å². The Morgan fingerprint density at radius 2 is 2.15 bits per heavy atom. The molecule has 1 aliphatic rings. The largest absolute Gasteiger partial charge is 0.497 e. The maximum atomic E-state index is 10.0. The lowest BCUT2D eigenvalue weighted by atomic mass is 10.2. The fourth-order valence-electron chi connectivity index (χ4n) is 2.51. The lowest BCUT2D eigenvalue weighted by Gasteiger charge is -2.19. The summed E-state index contributed by atoms with van der Waals surface area (Å²) in [6.45, 7) is 4.35. The van der Waals surface area contributed by atoms with Crippen molar-refractivity contribution in [3.63, 3.8) is 0 Å². The molecule has 5 heteroatoms. The maximum Gasteiger partial charge on any atom is 0.119 e. The van der Waals surface area contributed by atoms with Gasteiger partial charge in [0.05, 0.1) is 13.2 Å². The Morgan fingerprint density at radius 1 is 1.40 bits per heavy atom. The standard InChI is InChI=1S/C15H23BrN2O2/c1-20-14-4-5-15(16)12(8-14)9-17-10-13(19)11-18-6-2-3-7-18/h4-5,8,13,17,19H,2-3,6-7,9-11H2,1H3. The number of nitrogens with one attached hydrogen (secondary N) is 1. The molecular weight excluding hydrogens is 320 g/mol. The second-order valence-electron chi connectivity index (χ2n) is 5.25. The number of β-amino-alcohol motifs (C(OH)–C–C–N with tert-alkyl or cyclic N) is 1. The molecule has 112 valence electrons. The van der Waals surface area contributed by atoms with Crippen molar-refractivity contribution >= 4 is 15.9 Å². The molecule has 0 radical (unpaired) electrons. The Kier molecular flexibility index (Phi) is 6.29. The summed E-state index contributed by atoms with van der Waals surface area (Å²) in [7, 11) is 1.67. The number of nitrogens with zero attached hydrogens (tertiary/aromatic N) is 1. The van der Waals surface area contributed by atoms with Gasteiger partial charge in [0, 0.05) is 24.1 Å². The molecule has 0 aromatic heterocycles. The first-order valence-corrected chi connectivity index (χ1v) is 7.92. The number of methoxy groups -OCH3 is 1. The fraction of sp³-hybridized carbons (Fsp3) is 0.600. The number of likely N-dealkylation sites (tertiary alicyclic amines) is 1. The van der Waals surface area contributed by atoms with Gasteiger partial charge in [0.1, 0.15) is 5.75 Å². The van der Waals surface area contributed by atoms with Crippen LogP contribution in [0.1, 0.15) is 18.4 Å². The molecule has 1 heterocycles. The van der Waals surface area contributed by atoms with E-state index in [1.54, 1.807) is 7.11 Å². The molecule has 2 rings (SSSR count). The van der Waals surface area contributed by atoms with Crippen LogP contribution in [0.5, 0.6) is 5.75 Å². The molecule has 1 saturated heterocycles. The van der Waals surface area contributed by atoms with Gasteiger partial charge in [-0.25, -0.2) is 0 Å². The monoisotopic (exact) mass is 342 g/mol. The van der Waals surface area contributed by atoms with Crippen LogP contribution in [0, 0.1) is 0 Å². The minimum absolute atomic E-state index is 0.308. The summed E-state index contributed by atoms with van der Waals surface area (Å²) in [5.41, 5.74) is 1.14. The van der Waals surface area contributed by atoms with Crippen molar-refractivity contribution in [3.05, 3.63) is 28.2 Å². The number of hydrogen-bond acceptors (Lipinski definition) is 4. The third-order valence-corrected chi connectivity index (χ3v) is 4.39. The summed E-state index contributed by atoms with van der Waals surface area (Å²) in [4.78, 5) is 2.33. The summed E-state index contributed by atoms with van der Waals surface area (Å²) in [5.74, 6) is 0.850. The molecule has 1 aliphatic heterocycles. The van der Waals surface area contributed by atoms with Gasteiger partial charge in [-0.15, -0.1) is 0 Å². The van der Waals surface area contributed by atoms with Gasteiger partial charge in [-0.05, 0) is 49.7 Å². The minimum Gasteiger partial charge on any atom is -0.497 e. The molecule has 1 atom stereocenters. The van der Waals surface area contributed by atoms with E-state index < -0.39 is 0 Å². The second-order valence-corrected chi connectivity index (χ2v) is 6.10. The topological polar surface area (TPSA) is 44.7 Å². The smallest absolute Gasteiger partial charge is 0.119 e. The zero-order valence-electron chi connectivity index (χ0n) is 11.9. The number of halogens is 1. The van der Waals surface area contributed by atoms with E-state index in [1.165, 1.54) is 12.8 Å². The molecule has 2 N–H and O–H groups in total. The van der Waals surface area contributed by atoms with Gasteiger partial charge in [-0.3, -0.25) is 0 Å². The zero-order chi connectivity index (χ0) is 14.4. The quantitative estimate of drug-likeness (QED) is 0.795. The molecule has 20 heavy (non-hydrogen) atoms. The summed E-state index contributed by atoms with van der Waals surface area (Å²) < 4.78 is 6.28. The van der Waals surface area contributed by atoms with Crippen molar-refractivity contribution in [3.8, 4) is 5.75 Å². The van der Waals surface area contributed by atoms with Crippen LogP contribution in [-0.4, -0.2) is 49.4 Å². The number of hydrogen-bond donors (Lipinski definition) is 2. The predicted molar refractivity (Wildman–Crippen MR) is 84.1 cm³/mol. The summed E-state index contributed by atoms with van der Waals surface area (Å²) >= 11 is 3.53. The predicted octanol–water partition coefficient (Wildman–Crippen LogP) is 2.00. The number of rotatable bonds is 7. The van der Waals surface area contributed by atoms with Crippen LogP contribution in [0.15, 0.2) is 22.7 Å². The number of aliphatic hydroxyl groups is 1. The van der Waals surface area contributed by atoms with E-state index in [0.29, 0.717) is 6.54 Å². The van der Waals surface area contributed by atoms with E-state index >= 15 is 0 Å². The highest BCUT2D eigenvalue weighted by Crippen LogP contribution is 2.22. The number of ether oxygens (including phenoxy) is 1. The van der Waals surface area contributed by atoms with E-state index in [0.717, 1.165) is 42.0 Å². The van der Waals surface area contributed by atoms with Crippen LogP contribution in [0.25, 0.3) is 0 Å². The van der Waals surface area contributed by atoms with Gasteiger partial charge < -0.3 is 20.1 Å². The zero-order valence-corrected chi connectivity index (χ0v) is 13.5. The van der Waals surface area contributed by atoms with Crippen LogP contribution in [0.4, 0.5) is 0 Å². The van der Waals surface area contributed by atoms with E-state index in [2.05, 4.69) is 26.1 Å². The van der Waals surface area contributed by atoms with Gasteiger partial charge in [0.25, 0.3) is 0 Å². The highest BCUT2D eigenvalue weighted by Gasteiger charge is 2.15. The minimum atomic E-state index is -0.308. The average Bonchev–Trinajstić information content (AvgIpc) is 2.93. The Balaban J connectivity index is 1.74.